The molecule has 26 heavy (non-hydrogen) atoms. The lowest BCUT2D eigenvalue weighted by atomic mass is 10.2. The van der Waals surface area contributed by atoms with Crippen LogP contribution in [0.5, 0.6) is 0 Å². The molecule has 3 rings (SSSR count). The van der Waals surface area contributed by atoms with Gasteiger partial charge in [0.15, 0.2) is 5.82 Å². The van der Waals surface area contributed by atoms with Gasteiger partial charge in [0.2, 0.25) is 0 Å². The summed E-state index contributed by atoms with van der Waals surface area (Å²) < 4.78 is 2.14. The number of H-pyrrole nitrogens is 2. The van der Waals surface area contributed by atoms with E-state index in [0.717, 1.165) is 14.9 Å². The molecule has 0 aliphatic rings. The average molecular weight is 357 g/mol. The Kier molecular flexibility index (Phi) is 4.51. The fourth-order valence-electron chi connectivity index (χ4n) is 2.18. The summed E-state index contributed by atoms with van der Waals surface area (Å²) in [6, 6.07) is 5.80. The van der Waals surface area contributed by atoms with Crippen LogP contribution in [0.2, 0.25) is 0 Å². The zero-order chi connectivity index (χ0) is 18.7. The molecule has 0 fully saturated rings. The number of aryl methyl sites for hydroxylation is 1. The lowest BCUT2D eigenvalue weighted by Crippen LogP contribution is -2.34. The summed E-state index contributed by atoms with van der Waals surface area (Å²) >= 11 is 0. The lowest BCUT2D eigenvalue weighted by molar-refractivity contribution is 0.808. The molecule has 3 heterocycles. The van der Waals surface area contributed by atoms with E-state index in [0.29, 0.717) is 18.1 Å². The Bertz CT molecular complexity index is 1170. The van der Waals surface area contributed by atoms with Gasteiger partial charge in [-0.15, -0.1) is 0 Å². The molecule has 0 unspecified atom stereocenters. The van der Waals surface area contributed by atoms with E-state index in [9.17, 15) is 19.2 Å². The molecule has 0 radical (unpaired) electrons. The molecule has 0 atom stereocenters. The molecule has 11 nitrogen and oxygen atoms in total. The molecular weight excluding hydrogens is 342 g/mol. The van der Waals surface area contributed by atoms with Gasteiger partial charge in [-0.3, -0.25) is 30.4 Å². The molecule has 4 N–H and O–H groups in total. The van der Waals surface area contributed by atoms with Crippen LogP contribution in [0.15, 0.2) is 55.8 Å². The van der Waals surface area contributed by atoms with Crippen molar-refractivity contribution in [2.24, 2.45) is 0 Å². The van der Waals surface area contributed by atoms with Crippen molar-refractivity contribution in [2.45, 2.75) is 13.3 Å². The summed E-state index contributed by atoms with van der Waals surface area (Å²) in [6.07, 6.45) is 3.19. The van der Waals surface area contributed by atoms with Crippen LogP contribution in [0.3, 0.4) is 0 Å². The lowest BCUT2D eigenvalue weighted by Gasteiger charge is -2.14. The van der Waals surface area contributed by atoms with Gasteiger partial charge in [-0.2, -0.15) is 0 Å². The molecule has 11 heteroatoms. The average Bonchev–Trinajstić information content (AvgIpc) is 2.60. The van der Waals surface area contributed by atoms with Crippen molar-refractivity contribution in [3.05, 3.63) is 83.9 Å². The second-order valence-electron chi connectivity index (χ2n) is 5.24. The molecule has 0 aliphatic carbocycles. The first-order valence-corrected chi connectivity index (χ1v) is 7.64. The number of aromatic amines is 2. The fraction of sp³-hybridized carbons (Fsp3) is 0.133. The second kappa shape index (κ2) is 6.93. The van der Waals surface area contributed by atoms with Gasteiger partial charge in [0, 0.05) is 24.5 Å². The molecule has 0 saturated heterocycles. The van der Waals surface area contributed by atoms with E-state index in [1.54, 1.807) is 12.1 Å². The van der Waals surface area contributed by atoms with E-state index in [1.807, 2.05) is 6.92 Å². The molecule has 0 spiro atoms. The van der Waals surface area contributed by atoms with Crippen LogP contribution in [0.1, 0.15) is 12.5 Å². The van der Waals surface area contributed by atoms with Gasteiger partial charge in [0.1, 0.15) is 5.82 Å². The molecule has 0 amide bonds. The Morgan fingerprint density at radius 3 is 2.00 bits per heavy atom. The summed E-state index contributed by atoms with van der Waals surface area (Å²) in [5, 5.41) is 0. The monoisotopic (exact) mass is 357 g/mol. The number of aromatic nitrogens is 5. The smallest absolute Gasteiger partial charge is 0.274 e. The quantitative estimate of drug-likeness (QED) is 0.462. The van der Waals surface area contributed by atoms with Crippen molar-refractivity contribution in [1.82, 2.24) is 24.3 Å². The minimum atomic E-state index is -0.648. The van der Waals surface area contributed by atoms with Crippen molar-refractivity contribution in [3.63, 3.8) is 0 Å². The van der Waals surface area contributed by atoms with Gasteiger partial charge in [-0.25, -0.2) is 23.9 Å². The molecule has 0 aliphatic heterocycles. The third-order valence-corrected chi connectivity index (χ3v) is 3.47. The van der Waals surface area contributed by atoms with E-state index in [4.69, 9.17) is 0 Å². The number of pyridine rings is 1. The van der Waals surface area contributed by atoms with E-state index < -0.39 is 22.5 Å². The summed E-state index contributed by atoms with van der Waals surface area (Å²) in [5.41, 5.74) is 4.04. The van der Waals surface area contributed by atoms with Gasteiger partial charge >= 0.3 is 11.4 Å². The summed E-state index contributed by atoms with van der Waals surface area (Å²) in [7, 11) is 0. The number of hydrogen-bond donors (Lipinski definition) is 4. The maximum Gasteiger partial charge on any atom is 0.347 e. The highest BCUT2D eigenvalue weighted by Crippen LogP contribution is 2.16. The van der Waals surface area contributed by atoms with Crippen LogP contribution >= 0.6 is 0 Å². The number of anilines is 2. The number of nitrogens with zero attached hydrogens (tertiary/aromatic N) is 3. The fourth-order valence-corrected chi connectivity index (χ4v) is 2.18. The SMILES string of the molecule is CCc1ccc(Nn2ccc(=O)[nH]c2=O)nc1Nn1ccc(=O)[nH]c1=O. The Labute approximate surface area is 144 Å². The number of nitrogens with one attached hydrogen (secondary N) is 4. The van der Waals surface area contributed by atoms with Crippen LogP contribution in [0, 0.1) is 0 Å². The first kappa shape index (κ1) is 17.0. The highest BCUT2D eigenvalue weighted by Gasteiger charge is 2.07. The Hall–Kier alpha value is -3.89. The van der Waals surface area contributed by atoms with Gasteiger partial charge in [0.05, 0.1) is 0 Å². The minimum Gasteiger partial charge on any atom is -0.274 e. The van der Waals surface area contributed by atoms with Crippen molar-refractivity contribution in [1.29, 1.82) is 0 Å². The van der Waals surface area contributed by atoms with Gasteiger partial charge < -0.3 is 0 Å². The second-order valence-corrected chi connectivity index (χ2v) is 5.24. The molecule has 0 aromatic carbocycles. The van der Waals surface area contributed by atoms with Crippen LogP contribution < -0.4 is 33.3 Å². The van der Waals surface area contributed by atoms with Crippen LogP contribution in [-0.2, 0) is 6.42 Å². The molecule has 3 aromatic rings. The standard InChI is InChI=1S/C15H15N7O4/c1-2-9-3-4-10(19-21-7-5-11(23)17-14(21)25)16-13(9)20-22-8-6-12(24)18-15(22)26/h3-8H,2H2,1H3,(H2,16,19,20)(H,17,23,25)(H,18,24,26). The van der Waals surface area contributed by atoms with Gasteiger partial charge in [-0.05, 0) is 18.1 Å². The van der Waals surface area contributed by atoms with E-state index in [1.165, 1.54) is 24.5 Å². The van der Waals surface area contributed by atoms with Gasteiger partial charge in [0.25, 0.3) is 11.1 Å². The molecular formula is C15H15N7O4. The Morgan fingerprint density at radius 1 is 0.885 bits per heavy atom. The van der Waals surface area contributed by atoms with Crippen molar-refractivity contribution >= 4 is 11.6 Å². The third kappa shape index (κ3) is 3.61. The number of hydrogen-bond acceptors (Lipinski definition) is 7. The largest absolute Gasteiger partial charge is 0.347 e. The Balaban J connectivity index is 1.96. The summed E-state index contributed by atoms with van der Waals surface area (Å²) in [4.78, 5) is 54.4. The topological polar surface area (TPSA) is 147 Å². The Morgan fingerprint density at radius 2 is 1.46 bits per heavy atom. The van der Waals surface area contributed by atoms with Crippen LogP contribution in [0.25, 0.3) is 0 Å². The van der Waals surface area contributed by atoms with E-state index >= 15 is 0 Å². The first-order chi connectivity index (χ1) is 12.5. The maximum absolute atomic E-state index is 11.8. The maximum atomic E-state index is 11.8. The van der Waals surface area contributed by atoms with E-state index in [-0.39, 0.29) is 0 Å². The predicted octanol–water partition coefficient (Wildman–Crippen LogP) is -0.906. The minimum absolute atomic E-state index is 0.302. The number of rotatable bonds is 5. The zero-order valence-corrected chi connectivity index (χ0v) is 13.6. The molecule has 0 saturated carbocycles. The zero-order valence-electron chi connectivity index (χ0n) is 13.6. The highest BCUT2D eigenvalue weighted by molar-refractivity contribution is 5.51. The predicted molar refractivity (Wildman–Crippen MR) is 94.3 cm³/mol. The normalized spacial score (nSPS) is 10.5. The van der Waals surface area contributed by atoms with Crippen molar-refractivity contribution in [2.75, 3.05) is 10.9 Å². The van der Waals surface area contributed by atoms with Crippen molar-refractivity contribution < 1.29 is 0 Å². The summed E-state index contributed by atoms with van der Waals surface area (Å²) in [5.74, 6) is 0.667. The van der Waals surface area contributed by atoms with Crippen LogP contribution in [0.4, 0.5) is 11.6 Å². The highest BCUT2D eigenvalue weighted by atomic mass is 16.2. The third-order valence-electron chi connectivity index (χ3n) is 3.47. The molecule has 0 bridgehead atoms. The first-order valence-electron chi connectivity index (χ1n) is 7.64. The van der Waals surface area contributed by atoms with E-state index in [2.05, 4.69) is 25.8 Å². The van der Waals surface area contributed by atoms with Crippen molar-refractivity contribution in [3.8, 4) is 0 Å². The molecule has 134 valence electrons. The summed E-state index contributed by atoms with van der Waals surface area (Å²) in [6.45, 7) is 1.91. The molecule has 3 aromatic heterocycles. The van der Waals surface area contributed by atoms with Crippen LogP contribution in [-0.4, -0.2) is 24.3 Å². The van der Waals surface area contributed by atoms with Gasteiger partial charge in [-0.1, -0.05) is 13.0 Å².